The van der Waals surface area contributed by atoms with Gasteiger partial charge in [-0.3, -0.25) is 4.79 Å². The van der Waals surface area contributed by atoms with Gasteiger partial charge in [0.15, 0.2) is 0 Å². The highest BCUT2D eigenvalue weighted by molar-refractivity contribution is 5.70. The zero-order valence-corrected chi connectivity index (χ0v) is 7.45. The maximum atomic E-state index is 10.8. The van der Waals surface area contributed by atoms with Crippen LogP contribution in [0.4, 0.5) is 0 Å². The lowest BCUT2D eigenvalue weighted by Crippen LogP contribution is -2.32. The van der Waals surface area contributed by atoms with Gasteiger partial charge >= 0.3 is 5.97 Å². The molecule has 0 aliphatic carbocycles. The quantitative estimate of drug-likeness (QED) is 0.702. The van der Waals surface area contributed by atoms with Crippen molar-refractivity contribution in [1.82, 2.24) is 0 Å². The average Bonchev–Trinajstić information content (AvgIpc) is 2.05. The topological polar surface area (TPSA) is 46.5 Å². The van der Waals surface area contributed by atoms with Crippen LogP contribution in [0.2, 0.25) is 0 Å². The summed E-state index contributed by atoms with van der Waals surface area (Å²) >= 11 is 0. The van der Waals surface area contributed by atoms with E-state index in [9.17, 15) is 4.79 Å². The van der Waals surface area contributed by atoms with Gasteiger partial charge in [0, 0.05) is 6.61 Å². The van der Waals surface area contributed by atoms with Gasteiger partial charge in [0.05, 0.1) is 12.5 Å². The summed E-state index contributed by atoms with van der Waals surface area (Å²) in [6.45, 7) is 3.31. The van der Waals surface area contributed by atoms with Crippen molar-refractivity contribution in [2.45, 2.75) is 26.2 Å². The van der Waals surface area contributed by atoms with E-state index < -0.39 is 5.97 Å². The lowest BCUT2D eigenvalue weighted by Gasteiger charge is -2.28. The molecule has 12 heavy (non-hydrogen) atoms. The van der Waals surface area contributed by atoms with Gasteiger partial charge in [0.2, 0.25) is 0 Å². The zero-order chi connectivity index (χ0) is 8.97. The van der Waals surface area contributed by atoms with Gasteiger partial charge in [-0.2, -0.15) is 0 Å². The average molecular weight is 172 g/mol. The summed E-state index contributed by atoms with van der Waals surface area (Å²) in [5.74, 6) is -0.586. The second-order valence-electron chi connectivity index (χ2n) is 3.36. The first-order valence-corrected chi connectivity index (χ1v) is 4.56. The van der Waals surface area contributed by atoms with Crippen LogP contribution in [0.25, 0.3) is 0 Å². The molecule has 1 N–H and O–H groups in total. The molecular formula is C9H16O3. The van der Waals surface area contributed by atoms with Crippen LogP contribution in [0.3, 0.4) is 0 Å². The Morgan fingerprint density at radius 1 is 1.67 bits per heavy atom. The summed E-state index contributed by atoms with van der Waals surface area (Å²) in [6, 6.07) is 0. The van der Waals surface area contributed by atoms with E-state index in [0.29, 0.717) is 19.6 Å². The molecule has 0 amide bonds. The molecule has 70 valence electrons. The highest BCUT2D eigenvalue weighted by Crippen LogP contribution is 2.25. The van der Waals surface area contributed by atoms with E-state index in [1.165, 1.54) is 0 Å². The number of carbonyl (C=O) groups is 1. The predicted octanol–water partition coefficient (Wildman–Crippen LogP) is 1.52. The van der Waals surface area contributed by atoms with Crippen LogP contribution >= 0.6 is 0 Å². The maximum Gasteiger partial charge on any atom is 0.306 e. The van der Waals surface area contributed by atoms with Gasteiger partial charge in [-0.05, 0) is 18.8 Å². The normalized spacial score (nSPS) is 30.1. The summed E-state index contributed by atoms with van der Waals surface area (Å²) in [5.41, 5.74) is 0. The van der Waals surface area contributed by atoms with Crippen molar-refractivity contribution in [3.63, 3.8) is 0 Å². The summed E-state index contributed by atoms with van der Waals surface area (Å²) in [4.78, 5) is 10.8. The first-order valence-electron chi connectivity index (χ1n) is 4.56. The van der Waals surface area contributed by atoms with Crippen molar-refractivity contribution < 1.29 is 14.6 Å². The minimum absolute atomic E-state index is 0.168. The van der Waals surface area contributed by atoms with Crippen LogP contribution in [0.15, 0.2) is 0 Å². The number of hydrogen-bond donors (Lipinski definition) is 1. The molecule has 3 heteroatoms. The van der Waals surface area contributed by atoms with Gasteiger partial charge in [-0.15, -0.1) is 0 Å². The number of carboxylic acids is 1. The summed E-state index contributed by atoms with van der Waals surface area (Å²) in [5, 5.41) is 8.88. The molecule has 1 saturated heterocycles. The SMILES string of the molecule is CCCC1COCCC1C(=O)O. The van der Waals surface area contributed by atoms with Gasteiger partial charge in [0.1, 0.15) is 0 Å². The van der Waals surface area contributed by atoms with Crippen molar-refractivity contribution in [2.75, 3.05) is 13.2 Å². The highest BCUT2D eigenvalue weighted by atomic mass is 16.5. The van der Waals surface area contributed by atoms with E-state index in [1.54, 1.807) is 0 Å². The van der Waals surface area contributed by atoms with E-state index in [2.05, 4.69) is 6.92 Å². The largest absolute Gasteiger partial charge is 0.481 e. The van der Waals surface area contributed by atoms with Crippen molar-refractivity contribution in [3.8, 4) is 0 Å². The Labute approximate surface area is 72.7 Å². The first kappa shape index (κ1) is 9.52. The minimum Gasteiger partial charge on any atom is -0.481 e. The Kier molecular flexibility index (Phi) is 3.53. The molecule has 0 aromatic carbocycles. The molecule has 1 rings (SSSR count). The second-order valence-corrected chi connectivity index (χ2v) is 3.36. The van der Waals surface area contributed by atoms with Crippen molar-refractivity contribution in [2.24, 2.45) is 11.8 Å². The highest BCUT2D eigenvalue weighted by Gasteiger charge is 2.30. The van der Waals surface area contributed by atoms with E-state index in [4.69, 9.17) is 9.84 Å². The van der Waals surface area contributed by atoms with Gasteiger partial charge in [0.25, 0.3) is 0 Å². The number of aliphatic carboxylic acids is 1. The lowest BCUT2D eigenvalue weighted by atomic mass is 9.85. The summed E-state index contributed by atoms with van der Waals surface area (Å²) in [7, 11) is 0. The molecule has 2 atom stereocenters. The number of hydrogen-bond acceptors (Lipinski definition) is 2. The first-order chi connectivity index (χ1) is 5.75. The third-order valence-electron chi connectivity index (χ3n) is 2.45. The summed E-state index contributed by atoms with van der Waals surface area (Å²) < 4.78 is 5.25. The van der Waals surface area contributed by atoms with Gasteiger partial charge < -0.3 is 9.84 Å². The second kappa shape index (κ2) is 4.45. The smallest absolute Gasteiger partial charge is 0.306 e. The Morgan fingerprint density at radius 2 is 2.42 bits per heavy atom. The molecule has 1 aliphatic heterocycles. The monoisotopic (exact) mass is 172 g/mol. The number of carboxylic acid groups (broad SMARTS) is 1. The Balaban J connectivity index is 2.48. The lowest BCUT2D eigenvalue weighted by molar-refractivity contribution is -0.148. The van der Waals surface area contributed by atoms with Crippen LogP contribution in [0.1, 0.15) is 26.2 Å². The molecule has 0 aromatic heterocycles. The van der Waals surface area contributed by atoms with E-state index in [0.717, 1.165) is 12.8 Å². The molecule has 2 unspecified atom stereocenters. The zero-order valence-electron chi connectivity index (χ0n) is 7.45. The van der Waals surface area contributed by atoms with Gasteiger partial charge in [-0.25, -0.2) is 0 Å². The molecule has 0 aromatic rings. The molecular weight excluding hydrogens is 156 g/mol. The molecule has 0 saturated carbocycles. The van der Waals surface area contributed by atoms with Crippen LogP contribution in [0.5, 0.6) is 0 Å². The molecule has 0 radical (unpaired) electrons. The third kappa shape index (κ3) is 2.21. The number of ether oxygens (including phenoxy) is 1. The van der Waals surface area contributed by atoms with Gasteiger partial charge in [-0.1, -0.05) is 13.3 Å². The standard InChI is InChI=1S/C9H16O3/c1-2-3-7-6-12-5-4-8(7)9(10)11/h7-8H,2-6H2,1H3,(H,10,11). The van der Waals surface area contributed by atoms with Crippen LogP contribution < -0.4 is 0 Å². The molecule has 0 bridgehead atoms. The van der Waals surface area contributed by atoms with Crippen LogP contribution in [0, 0.1) is 11.8 Å². The molecule has 1 heterocycles. The summed E-state index contributed by atoms with van der Waals surface area (Å²) in [6.07, 6.45) is 2.69. The molecule has 3 nitrogen and oxygen atoms in total. The van der Waals surface area contributed by atoms with Crippen molar-refractivity contribution in [1.29, 1.82) is 0 Å². The fourth-order valence-electron chi connectivity index (χ4n) is 1.78. The Bertz CT molecular complexity index is 154. The van der Waals surface area contributed by atoms with E-state index in [1.807, 2.05) is 0 Å². The minimum atomic E-state index is -0.656. The Morgan fingerprint density at radius 3 is 3.00 bits per heavy atom. The maximum absolute atomic E-state index is 10.8. The molecule has 1 fully saturated rings. The predicted molar refractivity (Wildman–Crippen MR) is 45.0 cm³/mol. The fraction of sp³-hybridized carbons (Fsp3) is 0.889. The molecule has 0 spiro atoms. The van der Waals surface area contributed by atoms with Crippen molar-refractivity contribution >= 4 is 5.97 Å². The van der Waals surface area contributed by atoms with E-state index >= 15 is 0 Å². The van der Waals surface area contributed by atoms with Crippen LogP contribution in [-0.2, 0) is 9.53 Å². The Hall–Kier alpha value is -0.570. The van der Waals surface area contributed by atoms with E-state index in [-0.39, 0.29) is 11.8 Å². The molecule has 1 aliphatic rings. The van der Waals surface area contributed by atoms with Crippen LogP contribution in [-0.4, -0.2) is 24.3 Å². The fourth-order valence-corrected chi connectivity index (χ4v) is 1.78. The third-order valence-corrected chi connectivity index (χ3v) is 2.45. The van der Waals surface area contributed by atoms with Crippen molar-refractivity contribution in [3.05, 3.63) is 0 Å². The number of rotatable bonds is 3.